The predicted molar refractivity (Wildman–Crippen MR) is 93.1 cm³/mol. The molecule has 0 aliphatic rings. The van der Waals surface area contributed by atoms with Gasteiger partial charge in [0.2, 0.25) is 0 Å². The number of aryl methyl sites for hydroxylation is 1. The zero-order valence-electron chi connectivity index (χ0n) is 13.5. The molecule has 5 heteroatoms. The van der Waals surface area contributed by atoms with Crippen molar-refractivity contribution in [1.82, 2.24) is 9.78 Å². The number of hydrogen-bond acceptors (Lipinski definition) is 3. The lowest BCUT2D eigenvalue weighted by atomic mass is 10.2. The van der Waals surface area contributed by atoms with E-state index in [1.807, 2.05) is 61.5 Å². The number of nitrogens with zero attached hydrogens (tertiary/aromatic N) is 2. The predicted octanol–water partition coefficient (Wildman–Crippen LogP) is 3.26. The summed E-state index contributed by atoms with van der Waals surface area (Å²) in [6.07, 6.45) is 1.67. The van der Waals surface area contributed by atoms with E-state index in [0.29, 0.717) is 18.1 Å². The fraction of sp³-hybridized carbons (Fsp3) is 0.158. The van der Waals surface area contributed by atoms with Gasteiger partial charge < -0.3 is 10.1 Å². The molecule has 3 aromatic rings. The average Bonchev–Trinajstić information content (AvgIpc) is 3.01. The number of rotatable bonds is 6. The summed E-state index contributed by atoms with van der Waals surface area (Å²) in [5.74, 6) is 1.12. The van der Waals surface area contributed by atoms with Crippen LogP contribution in [0.25, 0.3) is 0 Å². The summed E-state index contributed by atoms with van der Waals surface area (Å²) in [4.78, 5) is 12.1. The quantitative estimate of drug-likeness (QED) is 0.758. The highest BCUT2D eigenvalue weighted by Gasteiger charge is 2.08. The highest BCUT2D eigenvalue weighted by molar-refractivity contribution is 5.91. The van der Waals surface area contributed by atoms with E-state index in [1.165, 1.54) is 0 Å². The van der Waals surface area contributed by atoms with Crippen LogP contribution in [-0.2, 0) is 11.3 Å². The number of anilines is 1. The Hall–Kier alpha value is -3.08. The third-order valence-corrected chi connectivity index (χ3v) is 3.52. The second-order valence-corrected chi connectivity index (χ2v) is 5.51. The molecule has 122 valence electrons. The largest absolute Gasteiger partial charge is 0.484 e. The van der Waals surface area contributed by atoms with E-state index in [0.717, 1.165) is 11.1 Å². The van der Waals surface area contributed by atoms with Crippen molar-refractivity contribution in [2.75, 3.05) is 11.9 Å². The zero-order chi connectivity index (χ0) is 16.8. The minimum atomic E-state index is -0.216. The first-order valence-corrected chi connectivity index (χ1v) is 7.76. The molecule has 0 saturated heterocycles. The highest BCUT2D eigenvalue weighted by atomic mass is 16.5. The Morgan fingerprint density at radius 1 is 1.12 bits per heavy atom. The summed E-state index contributed by atoms with van der Waals surface area (Å²) in [6.45, 7) is 2.54. The van der Waals surface area contributed by atoms with E-state index in [1.54, 1.807) is 16.9 Å². The molecule has 0 unspecified atom stereocenters. The smallest absolute Gasteiger partial charge is 0.263 e. The monoisotopic (exact) mass is 321 g/mol. The molecule has 1 heterocycles. The van der Waals surface area contributed by atoms with E-state index in [9.17, 15) is 4.79 Å². The van der Waals surface area contributed by atoms with E-state index in [4.69, 9.17) is 4.74 Å². The molecule has 3 rings (SSSR count). The number of aromatic nitrogens is 2. The van der Waals surface area contributed by atoms with Crippen molar-refractivity contribution in [2.24, 2.45) is 0 Å². The van der Waals surface area contributed by atoms with Gasteiger partial charge in [-0.3, -0.25) is 4.79 Å². The van der Waals surface area contributed by atoms with Gasteiger partial charge in [-0.1, -0.05) is 42.5 Å². The van der Waals surface area contributed by atoms with E-state index < -0.39 is 0 Å². The molecule has 0 atom stereocenters. The Bertz CT molecular complexity index is 812. The fourth-order valence-electron chi connectivity index (χ4n) is 2.35. The van der Waals surface area contributed by atoms with Crippen LogP contribution in [0.4, 0.5) is 5.82 Å². The lowest BCUT2D eigenvalue weighted by molar-refractivity contribution is -0.118. The van der Waals surface area contributed by atoms with Crippen molar-refractivity contribution < 1.29 is 9.53 Å². The van der Waals surface area contributed by atoms with Gasteiger partial charge >= 0.3 is 0 Å². The van der Waals surface area contributed by atoms with Gasteiger partial charge in [0.15, 0.2) is 6.61 Å². The number of carbonyl (C=O) groups excluding carboxylic acids is 1. The lowest BCUT2D eigenvalue weighted by Gasteiger charge is -2.10. The lowest BCUT2D eigenvalue weighted by Crippen LogP contribution is -2.22. The molecule has 1 amide bonds. The summed E-state index contributed by atoms with van der Waals surface area (Å²) < 4.78 is 7.26. The van der Waals surface area contributed by atoms with Crippen molar-refractivity contribution in [3.8, 4) is 5.75 Å². The second kappa shape index (κ2) is 7.46. The van der Waals surface area contributed by atoms with Gasteiger partial charge in [-0.15, -0.1) is 0 Å². The van der Waals surface area contributed by atoms with Crippen LogP contribution in [-0.4, -0.2) is 22.3 Å². The Morgan fingerprint density at radius 3 is 2.75 bits per heavy atom. The van der Waals surface area contributed by atoms with E-state index in [2.05, 4.69) is 10.4 Å². The molecule has 24 heavy (non-hydrogen) atoms. The molecule has 0 saturated carbocycles. The van der Waals surface area contributed by atoms with Gasteiger partial charge in [-0.25, -0.2) is 4.68 Å². The van der Waals surface area contributed by atoms with Gasteiger partial charge in [-0.05, 0) is 30.2 Å². The second-order valence-electron chi connectivity index (χ2n) is 5.51. The number of carbonyl (C=O) groups is 1. The summed E-state index contributed by atoms with van der Waals surface area (Å²) in [5, 5.41) is 7.09. The normalized spacial score (nSPS) is 10.4. The standard InChI is InChI=1S/C19H19N3O2/c1-15-6-5-9-17(12-15)24-14-19(23)21-18-10-11-20-22(18)13-16-7-3-2-4-8-16/h2-12H,13-14H2,1H3,(H,21,23). The third-order valence-electron chi connectivity index (χ3n) is 3.52. The summed E-state index contributed by atoms with van der Waals surface area (Å²) >= 11 is 0. The molecule has 0 bridgehead atoms. The van der Waals surface area contributed by atoms with Crippen LogP contribution in [0.15, 0.2) is 66.9 Å². The van der Waals surface area contributed by atoms with Crippen LogP contribution in [0.3, 0.4) is 0 Å². The van der Waals surface area contributed by atoms with Crippen molar-refractivity contribution in [1.29, 1.82) is 0 Å². The van der Waals surface area contributed by atoms with Crippen LogP contribution in [0.1, 0.15) is 11.1 Å². The Morgan fingerprint density at radius 2 is 1.96 bits per heavy atom. The summed E-state index contributed by atoms with van der Waals surface area (Å²) in [6, 6.07) is 19.4. The molecule has 1 N–H and O–H groups in total. The Kier molecular flexibility index (Phi) is 4.91. The Balaban J connectivity index is 1.58. The topological polar surface area (TPSA) is 56.1 Å². The molecular formula is C19H19N3O2. The SMILES string of the molecule is Cc1cccc(OCC(=O)Nc2ccnn2Cc2ccccc2)c1. The van der Waals surface area contributed by atoms with Crippen LogP contribution >= 0.6 is 0 Å². The van der Waals surface area contributed by atoms with Crippen LogP contribution in [0.5, 0.6) is 5.75 Å². The molecule has 0 aliphatic carbocycles. The maximum absolute atomic E-state index is 12.1. The number of hydrogen-bond donors (Lipinski definition) is 1. The van der Waals surface area contributed by atoms with Crippen LogP contribution in [0, 0.1) is 6.92 Å². The fourth-order valence-corrected chi connectivity index (χ4v) is 2.35. The molecule has 0 radical (unpaired) electrons. The molecule has 5 nitrogen and oxygen atoms in total. The molecular weight excluding hydrogens is 302 g/mol. The van der Waals surface area contributed by atoms with Crippen molar-refractivity contribution in [3.63, 3.8) is 0 Å². The first kappa shape index (κ1) is 15.8. The summed E-state index contributed by atoms with van der Waals surface area (Å²) in [5.41, 5.74) is 2.21. The number of amides is 1. The maximum Gasteiger partial charge on any atom is 0.263 e. The minimum Gasteiger partial charge on any atom is -0.484 e. The minimum absolute atomic E-state index is 0.0417. The van der Waals surface area contributed by atoms with Gasteiger partial charge in [0.25, 0.3) is 5.91 Å². The van der Waals surface area contributed by atoms with Gasteiger partial charge in [0.1, 0.15) is 11.6 Å². The number of ether oxygens (including phenoxy) is 1. The van der Waals surface area contributed by atoms with Gasteiger partial charge in [-0.2, -0.15) is 5.10 Å². The van der Waals surface area contributed by atoms with E-state index in [-0.39, 0.29) is 12.5 Å². The molecule has 2 aromatic carbocycles. The molecule has 0 fully saturated rings. The van der Waals surface area contributed by atoms with Crippen LogP contribution < -0.4 is 10.1 Å². The van der Waals surface area contributed by atoms with Gasteiger partial charge in [0, 0.05) is 6.07 Å². The Labute approximate surface area is 140 Å². The first-order chi connectivity index (χ1) is 11.7. The maximum atomic E-state index is 12.1. The number of nitrogens with one attached hydrogen (secondary N) is 1. The number of benzene rings is 2. The van der Waals surface area contributed by atoms with Crippen molar-refractivity contribution in [2.45, 2.75) is 13.5 Å². The van der Waals surface area contributed by atoms with Crippen LogP contribution in [0.2, 0.25) is 0 Å². The summed E-state index contributed by atoms with van der Waals surface area (Å²) in [7, 11) is 0. The average molecular weight is 321 g/mol. The van der Waals surface area contributed by atoms with E-state index >= 15 is 0 Å². The zero-order valence-corrected chi connectivity index (χ0v) is 13.5. The molecule has 1 aromatic heterocycles. The van der Waals surface area contributed by atoms with Crippen molar-refractivity contribution in [3.05, 3.63) is 78.0 Å². The van der Waals surface area contributed by atoms with Gasteiger partial charge in [0.05, 0.1) is 12.7 Å². The first-order valence-electron chi connectivity index (χ1n) is 7.76. The van der Waals surface area contributed by atoms with Crippen molar-refractivity contribution >= 4 is 11.7 Å². The molecule has 0 aliphatic heterocycles. The highest BCUT2D eigenvalue weighted by Crippen LogP contribution is 2.13. The third kappa shape index (κ3) is 4.23. The molecule has 0 spiro atoms.